The number of rotatable bonds is 11. The predicted octanol–water partition coefficient (Wildman–Crippen LogP) is 6.54. The van der Waals surface area contributed by atoms with Crippen LogP contribution in [0.5, 0.6) is 17.2 Å². The third-order valence-electron chi connectivity index (χ3n) is 5.89. The minimum atomic E-state index is -0.256. The van der Waals surface area contributed by atoms with Gasteiger partial charge in [-0.1, -0.05) is 35.3 Å². The maximum Gasteiger partial charge on any atom is 0.306 e. The maximum atomic E-state index is 11.9. The summed E-state index contributed by atoms with van der Waals surface area (Å²) >= 11 is 12.3. The van der Waals surface area contributed by atoms with Gasteiger partial charge in [-0.2, -0.15) is 0 Å². The van der Waals surface area contributed by atoms with Crippen molar-refractivity contribution in [2.75, 3.05) is 13.7 Å². The van der Waals surface area contributed by atoms with Gasteiger partial charge in [-0.25, -0.2) is 4.98 Å². The molecule has 4 rings (SSSR count). The van der Waals surface area contributed by atoms with Gasteiger partial charge in [0.2, 0.25) is 0 Å². The predicted molar refractivity (Wildman–Crippen MR) is 144 cm³/mol. The zero-order valence-corrected chi connectivity index (χ0v) is 22.4. The molecule has 0 aliphatic heterocycles. The van der Waals surface area contributed by atoms with Crippen LogP contribution in [0.2, 0.25) is 10.0 Å². The van der Waals surface area contributed by atoms with E-state index in [1.165, 1.54) is 0 Å². The summed E-state index contributed by atoms with van der Waals surface area (Å²) in [5, 5.41) is 1.08. The summed E-state index contributed by atoms with van der Waals surface area (Å²) in [6, 6.07) is 16.6. The number of aromatic nitrogens is 2. The Balaban J connectivity index is 1.52. The molecule has 0 aliphatic rings. The second-order valence-corrected chi connectivity index (χ2v) is 9.17. The topological polar surface area (TPSA) is 71.8 Å². The van der Waals surface area contributed by atoms with Crippen molar-refractivity contribution >= 4 is 40.2 Å². The molecule has 0 bridgehead atoms. The van der Waals surface area contributed by atoms with E-state index < -0.39 is 0 Å². The number of ether oxygens (including phenoxy) is 4. The molecule has 3 aromatic carbocycles. The minimum absolute atomic E-state index is 0.235. The molecule has 0 unspecified atom stereocenters. The maximum absolute atomic E-state index is 11.9. The van der Waals surface area contributed by atoms with E-state index in [1.54, 1.807) is 26.2 Å². The second-order valence-electron chi connectivity index (χ2n) is 8.33. The van der Waals surface area contributed by atoms with E-state index in [2.05, 4.69) is 4.98 Å². The minimum Gasteiger partial charge on any atom is -0.497 e. The lowest BCUT2D eigenvalue weighted by atomic mass is 10.1. The smallest absolute Gasteiger partial charge is 0.306 e. The highest BCUT2D eigenvalue weighted by molar-refractivity contribution is 6.35. The normalized spacial score (nSPS) is 10.9. The van der Waals surface area contributed by atoms with Crippen molar-refractivity contribution in [1.82, 2.24) is 9.55 Å². The molecular formula is C28H28Cl2N2O5. The van der Waals surface area contributed by atoms with Crippen LogP contribution in [0, 0.1) is 0 Å². The van der Waals surface area contributed by atoms with Crippen molar-refractivity contribution in [3.8, 4) is 17.2 Å². The monoisotopic (exact) mass is 542 g/mol. The molecule has 1 heterocycles. The molecule has 0 saturated carbocycles. The number of halogens is 2. The summed E-state index contributed by atoms with van der Waals surface area (Å²) in [7, 11) is 3.58. The first-order valence-electron chi connectivity index (χ1n) is 11.8. The van der Waals surface area contributed by atoms with Crippen LogP contribution in [0.25, 0.3) is 11.0 Å². The lowest BCUT2D eigenvalue weighted by Gasteiger charge is -2.15. The van der Waals surface area contributed by atoms with Gasteiger partial charge >= 0.3 is 5.97 Å². The summed E-state index contributed by atoms with van der Waals surface area (Å²) in [5.41, 5.74) is 3.47. The molecule has 0 N–H and O–H groups in total. The highest BCUT2D eigenvalue weighted by Crippen LogP contribution is 2.30. The average molecular weight is 543 g/mol. The molecule has 1 aromatic heterocycles. The van der Waals surface area contributed by atoms with Gasteiger partial charge in [-0.05, 0) is 49.2 Å². The fraction of sp³-hybridized carbons (Fsp3) is 0.286. The molecule has 0 fully saturated rings. The molecule has 0 atom stereocenters. The van der Waals surface area contributed by atoms with E-state index in [4.69, 9.17) is 42.1 Å². The Bertz CT molecular complexity index is 1400. The standard InChI is InChI=1S/C28H28Cl2N2O5/c1-4-35-28(33)12-7-18-6-9-22(15-26(18)37-16-19-5-8-20(29)13-23(19)30)36-17-27-31-24-11-10-21(34-3)14-25(24)32(27)2/h5-6,8-11,13-15H,4,7,12,16-17H2,1-3H3. The van der Waals surface area contributed by atoms with E-state index in [9.17, 15) is 4.79 Å². The number of carbonyl (C=O) groups excluding carboxylic acids is 1. The second kappa shape index (κ2) is 12.2. The Morgan fingerprint density at radius 3 is 2.49 bits per heavy atom. The van der Waals surface area contributed by atoms with E-state index in [0.717, 1.165) is 33.7 Å². The number of benzene rings is 3. The number of methoxy groups -OCH3 is 1. The van der Waals surface area contributed by atoms with Crippen LogP contribution in [0.3, 0.4) is 0 Å². The Labute approximate surface area is 225 Å². The van der Waals surface area contributed by atoms with Gasteiger partial charge in [0.15, 0.2) is 0 Å². The van der Waals surface area contributed by atoms with Crippen LogP contribution in [0.4, 0.5) is 0 Å². The third kappa shape index (κ3) is 6.67. The molecule has 194 valence electrons. The summed E-state index contributed by atoms with van der Waals surface area (Å²) < 4.78 is 24.6. The van der Waals surface area contributed by atoms with E-state index in [1.807, 2.05) is 54.1 Å². The van der Waals surface area contributed by atoms with Crippen LogP contribution in [0.1, 0.15) is 30.3 Å². The van der Waals surface area contributed by atoms with E-state index in [-0.39, 0.29) is 25.6 Å². The number of imidazole rings is 1. The van der Waals surface area contributed by atoms with Gasteiger partial charge in [0.1, 0.15) is 36.3 Å². The number of nitrogens with zero attached hydrogens (tertiary/aromatic N) is 2. The first kappa shape index (κ1) is 26.6. The number of aryl methyl sites for hydroxylation is 2. The van der Waals surface area contributed by atoms with Crippen LogP contribution < -0.4 is 14.2 Å². The van der Waals surface area contributed by atoms with Gasteiger partial charge in [0.25, 0.3) is 0 Å². The molecule has 0 amide bonds. The van der Waals surface area contributed by atoms with Crippen LogP contribution in [-0.4, -0.2) is 29.2 Å². The zero-order valence-electron chi connectivity index (χ0n) is 20.9. The lowest BCUT2D eigenvalue weighted by molar-refractivity contribution is -0.143. The molecule has 7 nitrogen and oxygen atoms in total. The van der Waals surface area contributed by atoms with Crippen LogP contribution in [-0.2, 0) is 36.2 Å². The van der Waals surface area contributed by atoms with Gasteiger partial charge < -0.3 is 23.5 Å². The quantitative estimate of drug-likeness (QED) is 0.200. The van der Waals surface area contributed by atoms with Crippen molar-refractivity contribution in [2.24, 2.45) is 7.05 Å². The Morgan fingerprint density at radius 2 is 1.73 bits per heavy atom. The van der Waals surface area contributed by atoms with Crippen LogP contribution >= 0.6 is 23.2 Å². The van der Waals surface area contributed by atoms with Gasteiger partial charge in [-0.3, -0.25) is 4.79 Å². The highest BCUT2D eigenvalue weighted by Gasteiger charge is 2.13. The Hall–Kier alpha value is -3.42. The molecular weight excluding hydrogens is 515 g/mol. The number of hydrogen-bond donors (Lipinski definition) is 0. The van der Waals surface area contributed by atoms with Gasteiger partial charge in [-0.15, -0.1) is 0 Å². The largest absolute Gasteiger partial charge is 0.497 e. The molecule has 0 spiro atoms. The number of carbonyl (C=O) groups is 1. The molecule has 0 radical (unpaired) electrons. The Morgan fingerprint density at radius 1 is 0.946 bits per heavy atom. The van der Waals surface area contributed by atoms with Gasteiger partial charge in [0, 0.05) is 41.2 Å². The van der Waals surface area contributed by atoms with Crippen molar-refractivity contribution in [2.45, 2.75) is 33.0 Å². The van der Waals surface area contributed by atoms with Gasteiger partial charge in [0.05, 0.1) is 24.8 Å². The molecule has 4 aromatic rings. The number of fused-ring (bicyclic) bond motifs is 1. The van der Waals surface area contributed by atoms with Crippen LogP contribution in [0.15, 0.2) is 54.6 Å². The summed E-state index contributed by atoms with van der Waals surface area (Å²) in [4.78, 5) is 16.6. The first-order chi connectivity index (χ1) is 17.9. The van der Waals surface area contributed by atoms with E-state index in [0.29, 0.717) is 34.6 Å². The lowest BCUT2D eigenvalue weighted by Crippen LogP contribution is -2.07. The fourth-order valence-electron chi connectivity index (χ4n) is 3.85. The number of esters is 1. The SMILES string of the molecule is CCOC(=O)CCc1ccc(OCc2nc3ccc(OC)cc3n2C)cc1OCc1ccc(Cl)cc1Cl. The molecule has 0 saturated heterocycles. The fourth-order valence-corrected chi connectivity index (χ4v) is 4.32. The summed E-state index contributed by atoms with van der Waals surface area (Å²) in [5.74, 6) is 2.49. The van der Waals surface area contributed by atoms with Crippen molar-refractivity contribution < 1.29 is 23.7 Å². The zero-order chi connectivity index (χ0) is 26.4. The van der Waals surface area contributed by atoms with E-state index >= 15 is 0 Å². The first-order valence-corrected chi connectivity index (χ1v) is 12.6. The highest BCUT2D eigenvalue weighted by atomic mass is 35.5. The molecule has 9 heteroatoms. The Kier molecular flexibility index (Phi) is 8.79. The van der Waals surface area contributed by atoms with Crippen molar-refractivity contribution in [3.63, 3.8) is 0 Å². The van der Waals surface area contributed by atoms with Crippen molar-refractivity contribution in [3.05, 3.63) is 81.6 Å². The third-order valence-corrected chi connectivity index (χ3v) is 6.48. The molecule has 37 heavy (non-hydrogen) atoms. The average Bonchev–Trinajstić information content (AvgIpc) is 3.21. The van der Waals surface area contributed by atoms with Crippen molar-refractivity contribution in [1.29, 1.82) is 0 Å². The number of hydrogen-bond acceptors (Lipinski definition) is 6. The molecule has 0 aliphatic carbocycles. The summed E-state index contributed by atoms with van der Waals surface area (Å²) in [6.07, 6.45) is 0.713. The summed E-state index contributed by atoms with van der Waals surface area (Å²) in [6.45, 7) is 2.63.